The standard InChI is InChI=1S/C22H20N2O2S/c1-14-16-6-2-4-8-18(16)26-20(14)22(25)24-12-10-15(11-13-24)21-23-17-7-3-5-9-19(17)27-21/h2-9,15H,10-13H2,1H3. The number of hydrogen-bond donors (Lipinski definition) is 0. The summed E-state index contributed by atoms with van der Waals surface area (Å²) in [6.45, 7) is 3.46. The molecule has 5 heteroatoms. The van der Waals surface area contributed by atoms with Crippen molar-refractivity contribution in [3.8, 4) is 0 Å². The van der Waals surface area contributed by atoms with E-state index in [-0.39, 0.29) is 5.91 Å². The highest BCUT2D eigenvalue weighted by molar-refractivity contribution is 7.18. The third kappa shape index (κ3) is 2.82. The lowest BCUT2D eigenvalue weighted by atomic mass is 9.97. The zero-order valence-electron chi connectivity index (χ0n) is 15.1. The summed E-state index contributed by atoms with van der Waals surface area (Å²) in [5.74, 6) is 0.921. The maximum absolute atomic E-state index is 13.0. The van der Waals surface area contributed by atoms with Crippen molar-refractivity contribution in [3.05, 3.63) is 64.9 Å². The summed E-state index contributed by atoms with van der Waals surface area (Å²) in [6, 6.07) is 16.1. The molecule has 1 aliphatic heterocycles. The van der Waals surface area contributed by atoms with Crippen molar-refractivity contribution in [2.24, 2.45) is 0 Å². The highest BCUT2D eigenvalue weighted by Gasteiger charge is 2.29. The molecule has 2 aromatic heterocycles. The van der Waals surface area contributed by atoms with Crippen molar-refractivity contribution in [2.45, 2.75) is 25.7 Å². The Kier molecular flexibility index (Phi) is 3.97. The lowest BCUT2D eigenvalue weighted by molar-refractivity contribution is 0.0682. The number of thiazole rings is 1. The van der Waals surface area contributed by atoms with Gasteiger partial charge in [0.1, 0.15) is 5.58 Å². The van der Waals surface area contributed by atoms with E-state index < -0.39 is 0 Å². The molecule has 0 atom stereocenters. The average molecular weight is 376 g/mol. The normalized spacial score (nSPS) is 15.7. The topological polar surface area (TPSA) is 46.3 Å². The van der Waals surface area contributed by atoms with Crippen LogP contribution in [0.3, 0.4) is 0 Å². The number of aryl methyl sites for hydroxylation is 1. The van der Waals surface area contributed by atoms with Crippen LogP contribution in [-0.4, -0.2) is 28.9 Å². The van der Waals surface area contributed by atoms with E-state index in [1.807, 2.05) is 42.2 Å². The number of nitrogens with zero attached hydrogens (tertiary/aromatic N) is 2. The molecule has 0 aliphatic carbocycles. The van der Waals surface area contributed by atoms with Crippen molar-refractivity contribution in [1.29, 1.82) is 0 Å². The summed E-state index contributed by atoms with van der Waals surface area (Å²) in [5.41, 5.74) is 2.79. The predicted octanol–water partition coefficient (Wildman–Crippen LogP) is 5.37. The molecule has 1 amide bonds. The van der Waals surface area contributed by atoms with Crippen molar-refractivity contribution in [2.75, 3.05) is 13.1 Å². The van der Waals surface area contributed by atoms with Crippen LogP contribution in [-0.2, 0) is 0 Å². The Morgan fingerprint density at radius 3 is 2.63 bits per heavy atom. The van der Waals surface area contributed by atoms with Crippen molar-refractivity contribution in [3.63, 3.8) is 0 Å². The van der Waals surface area contributed by atoms with Gasteiger partial charge in [0.05, 0.1) is 15.2 Å². The van der Waals surface area contributed by atoms with Gasteiger partial charge in [0.2, 0.25) is 0 Å². The van der Waals surface area contributed by atoms with Crippen LogP contribution in [0.1, 0.15) is 39.9 Å². The van der Waals surface area contributed by atoms with Gasteiger partial charge in [-0.05, 0) is 38.0 Å². The molecule has 0 radical (unpaired) electrons. The number of aromatic nitrogens is 1. The number of likely N-dealkylation sites (tertiary alicyclic amines) is 1. The molecule has 3 heterocycles. The monoisotopic (exact) mass is 376 g/mol. The van der Waals surface area contributed by atoms with E-state index in [4.69, 9.17) is 9.40 Å². The molecular weight excluding hydrogens is 356 g/mol. The zero-order chi connectivity index (χ0) is 18.4. The molecule has 5 rings (SSSR count). The Balaban J connectivity index is 1.33. The number of furan rings is 1. The Labute approximate surface area is 161 Å². The fourth-order valence-electron chi connectivity index (χ4n) is 3.92. The molecular formula is C22H20N2O2S. The van der Waals surface area contributed by atoms with Gasteiger partial charge in [-0.1, -0.05) is 30.3 Å². The fourth-order valence-corrected chi connectivity index (χ4v) is 5.05. The van der Waals surface area contributed by atoms with Gasteiger partial charge in [0, 0.05) is 30.0 Å². The van der Waals surface area contributed by atoms with Gasteiger partial charge in [0.15, 0.2) is 5.76 Å². The van der Waals surface area contributed by atoms with Gasteiger partial charge in [-0.15, -0.1) is 11.3 Å². The molecule has 4 nitrogen and oxygen atoms in total. The third-order valence-electron chi connectivity index (χ3n) is 5.48. The van der Waals surface area contributed by atoms with Crippen LogP contribution < -0.4 is 0 Å². The molecule has 0 spiro atoms. The zero-order valence-corrected chi connectivity index (χ0v) is 16.0. The minimum absolute atomic E-state index is 0.00597. The number of amides is 1. The van der Waals surface area contributed by atoms with E-state index in [1.165, 1.54) is 9.71 Å². The molecule has 1 saturated heterocycles. The first-order valence-electron chi connectivity index (χ1n) is 9.33. The van der Waals surface area contributed by atoms with Crippen molar-refractivity contribution < 1.29 is 9.21 Å². The van der Waals surface area contributed by atoms with Crippen molar-refractivity contribution >= 4 is 38.4 Å². The minimum Gasteiger partial charge on any atom is -0.451 e. The van der Waals surface area contributed by atoms with Crippen molar-refractivity contribution in [1.82, 2.24) is 9.88 Å². The molecule has 27 heavy (non-hydrogen) atoms. The molecule has 0 N–H and O–H groups in total. The number of fused-ring (bicyclic) bond motifs is 2. The first-order valence-corrected chi connectivity index (χ1v) is 10.2. The summed E-state index contributed by atoms with van der Waals surface area (Å²) >= 11 is 1.78. The van der Waals surface area contributed by atoms with Gasteiger partial charge in [-0.25, -0.2) is 4.98 Å². The highest BCUT2D eigenvalue weighted by Crippen LogP contribution is 2.34. The third-order valence-corrected chi connectivity index (χ3v) is 6.68. The summed E-state index contributed by atoms with van der Waals surface area (Å²) in [4.78, 5) is 19.7. The number of para-hydroxylation sites is 2. The van der Waals surface area contributed by atoms with Crippen LogP contribution in [0.2, 0.25) is 0 Å². The number of piperidine rings is 1. The molecule has 0 unspecified atom stereocenters. The van der Waals surface area contributed by atoms with Gasteiger partial charge in [0.25, 0.3) is 5.91 Å². The van der Waals surface area contributed by atoms with E-state index >= 15 is 0 Å². The average Bonchev–Trinajstić information content (AvgIpc) is 3.29. The van der Waals surface area contributed by atoms with Crippen LogP contribution in [0, 0.1) is 6.92 Å². The Hall–Kier alpha value is -2.66. The lowest BCUT2D eigenvalue weighted by Crippen LogP contribution is -2.38. The Bertz CT molecular complexity index is 1100. The second-order valence-electron chi connectivity index (χ2n) is 7.14. The highest BCUT2D eigenvalue weighted by atomic mass is 32.1. The molecule has 1 aliphatic rings. The van der Waals surface area contributed by atoms with Crippen LogP contribution in [0.25, 0.3) is 21.2 Å². The van der Waals surface area contributed by atoms with E-state index in [9.17, 15) is 4.79 Å². The number of rotatable bonds is 2. The van der Waals surface area contributed by atoms with E-state index in [0.29, 0.717) is 11.7 Å². The van der Waals surface area contributed by atoms with Gasteiger partial charge < -0.3 is 9.32 Å². The number of carbonyl (C=O) groups is 1. The quantitative estimate of drug-likeness (QED) is 0.472. The van der Waals surface area contributed by atoms with Gasteiger partial charge in [-0.3, -0.25) is 4.79 Å². The first-order chi connectivity index (χ1) is 13.2. The van der Waals surface area contributed by atoms with Gasteiger partial charge >= 0.3 is 0 Å². The lowest BCUT2D eigenvalue weighted by Gasteiger charge is -2.30. The number of benzene rings is 2. The molecule has 0 bridgehead atoms. The maximum Gasteiger partial charge on any atom is 0.289 e. The van der Waals surface area contributed by atoms with Crippen LogP contribution in [0.5, 0.6) is 0 Å². The SMILES string of the molecule is Cc1c(C(=O)N2CCC(c3nc4ccccc4s3)CC2)oc2ccccc12. The predicted molar refractivity (Wildman–Crippen MR) is 108 cm³/mol. The van der Waals surface area contributed by atoms with Gasteiger partial charge in [-0.2, -0.15) is 0 Å². The summed E-state index contributed by atoms with van der Waals surface area (Å²) in [6.07, 6.45) is 1.90. The second kappa shape index (κ2) is 6.50. The smallest absolute Gasteiger partial charge is 0.289 e. The Morgan fingerprint density at radius 2 is 1.85 bits per heavy atom. The second-order valence-corrected chi connectivity index (χ2v) is 8.20. The molecule has 4 aromatic rings. The van der Waals surface area contributed by atoms with Crippen LogP contribution in [0.15, 0.2) is 52.9 Å². The summed E-state index contributed by atoms with van der Waals surface area (Å²) < 4.78 is 7.10. The van der Waals surface area contributed by atoms with Crippen LogP contribution in [0.4, 0.5) is 0 Å². The van der Waals surface area contributed by atoms with E-state index in [1.54, 1.807) is 11.3 Å². The Morgan fingerprint density at radius 1 is 1.11 bits per heavy atom. The van der Waals surface area contributed by atoms with E-state index in [2.05, 4.69) is 18.2 Å². The fraction of sp³-hybridized carbons (Fsp3) is 0.273. The molecule has 2 aromatic carbocycles. The summed E-state index contributed by atoms with van der Waals surface area (Å²) in [7, 11) is 0. The molecule has 1 fully saturated rings. The largest absolute Gasteiger partial charge is 0.451 e. The van der Waals surface area contributed by atoms with E-state index in [0.717, 1.165) is 48.0 Å². The summed E-state index contributed by atoms with van der Waals surface area (Å²) in [5, 5.41) is 2.22. The maximum atomic E-state index is 13.0. The molecule has 0 saturated carbocycles. The minimum atomic E-state index is 0.00597. The first kappa shape index (κ1) is 16.5. The van der Waals surface area contributed by atoms with Crippen LogP contribution >= 0.6 is 11.3 Å². The molecule has 136 valence electrons. The number of carbonyl (C=O) groups excluding carboxylic acids is 1. The number of hydrogen-bond acceptors (Lipinski definition) is 4.